The molecule has 0 spiro atoms. The number of thiazole rings is 1. The predicted molar refractivity (Wildman–Crippen MR) is 112 cm³/mol. The van der Waals surface area contributed by atoms with E-state index in [0.29, 0.717) is 10.2 Å². The van der Waals surface area contributed by atoms with Gasteiger partial charge in [0.05, 0.1) is 30.2 Å². The summed E-state index contributed by atoms with van der Waals surface area (Å²) in [6, 6.07) is 4.19. The van der Waals surface area contributed by atoms with Gasteiger partial charge in [0.1, 0.15) is 10.0 Å². The summed E-state index contributed by atoms with van der Waals surface area (Å²) in [4.78, 5) is 26.6. The monoisotopic (exact) mass is 499 g/mol. The van der Waals surface area contributed by atoms with Gasteiger partial charge in [-0.15, -0.1) is 0 Å². The van der Waals surface area contributed by atoms with Crippen LogP contribution in [0.15, 0.2) is 18.2 Å². The standard InChI is InChI=1S/C15H6Cl5N3O4S/c16-9-10(17)12(19)14(13(20)11(9)18)27-4-8(24)22-15-21-6-2-1-5(23(25)26)3-7(6)28-15/h1-3H,4H2,(H,21,22,24). The Bertz CT molecular complexity index is 1090. The van der Waals surface area contributed by atoms with Crippen LogP contribution in [0.25, 0.3) is 10.2 Å². The van der Waals surface area contributed by atoms with Crippen molar-refractivity contribution in [2.75, 3.05) is 11.9 Å². The molecule has 0 radical (unpaired) electrons. The molecule has 0 unspecified atom stereocenters. The molecule has 1 heterocycles. The maximum Gasteiger partial charge on any atom is 0.270 e. The van der Waals surface area contributed by atoms with E-state index in [1.807, 2.05) is 0 Å². The number of benzene rings is 2. The van der Waals surface area contributed by atoms with Crippen LogP contribution < -0.4 is 10.1 Å². The van der Waals surface area contributed by atoms with Gasteiger partial charge in [0.25, 0.3) is 11.6 Å². The van der Waals surface area contributed by atoms with Crippen molar-refractivity contribution in [3.8, 4) is 5.75 Å². The minimum absolute atomic E-state index is 0.0290. The second-order valence-electron chi connectivity index (χ2n) is 5.16. The van der Waals surface area contributed by atoms with Gasteiger partial charge in [0.2, 0.25) is 0 Å². The molecule has 7 nitrogen and oxygen atoms in total. The van der Waals surface area contributed by atoms with E-state index in [1.54, 1.807) is 0 Å². The lowest BCUT2D eigenvalue weighted by atomic mass is 10.3. The Balaban J connectivity index is 1.73. The molecule has 2 aromatic carbocycles. The van der Waals surface area contributed by atoms with Crippen LogP contribution >= 0.6 is 69.3 Å². The van der Waals surface area contributed by atoms with Gasteiger partial charge in [-0.25, -0.2) is 4.98 Å². The molecule has 0 saturated carbocycles. The topological polar surface area (TPSA) is 94.4 Å². The number of nitro benzene ring substituents is 1. The molecule has 0 atom stereocenters. The number of anilines is 1. The van der Waals surface area contributed by atoms with Gasteiger partial charge >= 0.3 is 0 Å². The smallest absolute Gasteiger partial charge is 0.270 e. The van der Waals surface area contributed by atoms with Gasteiger partial charge < -0.3 is 4.74 Å². The van der Waals surface area contributed by atoms with E-state index < -0.39 is 17.4 Å². The van der Waals surface area contributed by atoms with E-state index in [2.05, 4.69) is 10.3 Å². The van der Waals surface area contributed by atoms with Gasteiger partial charge in [-0.05, 0) is 6.07 Å². The molecule has 146 valence electrons. The number of ether oxygens (including phenoxy) is 1. The molecule has 0 fully saturated rings. The molecule has 1 amide bonds. The average Bonchev–Trinajstić information content (AvgIpc) is 3.05. The van der Waals surface area contributed by atoms with Crippen LogP contribution in [0, 0.1) is 10.1 Å². The number of hydrogen-bond acceptors (Lipinski definition) is 6. The molecule has 3 rings (SSSR count). The van der Waals surface area contributed by atoms with Crippen molar-refractivity contribution in [2.24, 2.45) is 0 Å². The Morgan fingerprint density at radius 2 is 1.71 bits per heavy atom. The highest BCUT2D eigenvalue weighted by atomic mass is 35.5. The SMILES string of the molecule is O=C(COc1c(Cl)c(Cl)c(Cl)c(Cl)c1Cl)Nc1nc2ccc([N+](=O)[O-])cc2s1. The highest BCUT2D eigenvalue weighted by molar-refractivity contribution is 7.22. The fourth-order valence-electron chi connectivity index (χ4n) is 2.08. The average molecular weight is 502 g/mol. The fourth-order valence-corrected chi connectivity index (χ4v) is 4.23. The number of hydrogen-bond donors (Lipinski definition) is 1. The number of halogens is 5. The largest absolute Gasteiger partial charge is 0.481 e. The first-order chi connectivity index (χ1) is 13.2. The third kappa shape index (κ3) is 4.22. The quantitative estimate of drug-likeness (QED) is 0.187. The van der Waals surface area contributed by atoms with E-state index in [-0.39, 0.29) is 41.7 Å². The van der Waals surface area contributed by atoms with Crippen molar-refractivity contribution in [3.05, 3.63) is 53.4 Å². The second-order valence-corrected chi connectivity index (χ2v) is 8.08. The van der Waals surface area contributed by atoms with Crippen LogP contribution in [0.3, 0.4) is 0 Å². The summed E-state index contributed by atoms with van der Waals surface area (Å²) in [5.41, 5.74) is 0.437. The van der Waals surface area contributed by atoms with Crippen LogP contribution in [0.5, 0.6) is 5.75 Å². The van der Waals surface area contributed by atoms with Crippen molar-refractivity contribution < 1.29 is 14.5 Å². The summed E-state index contributed by atoms with van der Waals surface area (Å²) in [6.45, 7) is -0.468. The molecule has 0 bridgehead atoms. The zero-order valence-corrected chi connectivity index (χ0v) is 17.9. The summed E-state index contributed by atoms with van der Waals surface area (Å²) in [5, 5.41) is 13.3. The summed E-state index contributed by atoms with van der Waals surface area (Å²) < 4.78 is 5.88. The van der Waals surface area contributed by atoms with E-state index >= 15 is 0 Å². The molecule has 13 heteroatoms. The number of carbonyl (C=O) groups excluding carboxylic acids is 1. The van der Waals surface area contributed by atoms with E-state index in [0.717, 1.165) is 11.3 Å². The Hall–Kier alpha value is -1.55. The van der Waals surface area contributed by atoms with Crippen LogP contribution in [0.2, 0.25) is 25.1 Å². The molecule has 1 N–H and O–H groups in total. The zero-order valence-electron chi connectivity index (χ0n) is 13.3. The number of rotatable bonds is 5. The Labute approximate surface area is 186 Å². The van der Waals surface area contributed by atoms with Gasteiger partial charge in [0.15, 0.2) is 17.5 Å². The van der Waals surface area contributed by atoms with Gasteiger partial charge in [0, 0.05) is 12.1 Å². The Morgan fingerprint density at radius 1 is 1.11 bits per heavy atom. The number of carbonyl (C=O) groups is 1. The number of fused-ring (bicyclic) bond motifs is 1. The van der Waals surface area contributed by atoms with Crippen molar-refractivity contribution in [1.29, 1.82) is 0 Å². The van der Waals surface area contributed by atoms with Crippen molar-refractivity contribution in [3.63, 3.8) is 0 Å². The number of aromatic nitrogens is 1. The van der Waals surface area contributed by atoms with E-state index in [9.17, 15) is 14.9 Å². The summed E-state index contributed by atoms with van der Waals surface area (Å²) >= 11 is 30.9. The van der Waals surface area contributed by atoms with Gasteiger partial charge in [-0.1, -0.05) is 69.3 Å². The lowest BCUT2D eigenvalue weighted by molar-refractivity contribution is -0.384. The van der Waals surface area contributed by atoms with Crippen LogP contribution in [0.1, 0.15) is 0 Å². The lowest BCUT2D eigenvalue weighted by Crippen LogP contribution is -2.20. The normalized spacial score (nSPS) is 10.9. The van der Waals surface area contributed by atoms with Gasteiger partial charge in [-0.2, -0.15) is 0 Å². The summed E-state index contributed by atoms with van der Waals surface area (Å²) in [7, 11) is 0. The van der Waals surface area contributed by atoms with Crippen LogP contribution in [-0.2, 0) is 4.79 Å². The van der Waals surface area contributed by atoms with E-state index in [1.165, 1.54) is 18.2 Å². The third-order valence-electron chi connectivity index (χ3n) is 3.35. The van der Waals surface area contributed by atoms with Crippen molar-refractivity contribution in [2.45, 2.75) is 0 Å². The fraction of sp³-hybridized carbons (Fsp3) is 0.0667. The summed E-state index contributed by atoms with van der Waals surface area (Å²) in [6.07, 6.45) is 0. The lowest BCUT2D eigenvalue weighted by Gasteiger charge is -2.13. The molecule has 3 aromatic rings. The Kier molecular flexibility index (Phi) is 6.38. The zero-order chi connectivity index (χ0) is 20.6. The highest BCUT2D eigenvalue weighted by Crippen LogP contribution is 2.48. The maximum atomic E-state index is 12.1. The number of non-ortho nitro benzene ring substituents is 1. The van der Waals surface area contributed by atoms with Gasteiger partial charge in [-0.3, -0.25) is 20.2 Å². The Morgan fingerprint density at radius 3 is 2.32 bits per heavy atom. The molecule has 0 aliphatic carbocycles. The first-order valence-electron chi connectivity index (χ1n) is 7.18. The number of nitrogens with zero attached hydrogens (tertiary/aromatic N) is 2. The van der Waals surface area contributed by atoms with Crippen LogP contribution in [0.4, 0.5) is 10.8 Å². The summed E-state index contributed by atoms with van der Waals surface area (Å²) in [5.74, 6) is -0.652. The first-order valence-corrected chi connectivity index (χ1v) is 9.88. The first kappa shape index (κ1) is 21.2. The predicted octanol–water partition coefficient (Wildman–Crippen LogP) is 6.49. The second kappa shape index (κ2) is 8.44. The maximum absolute atomic E-state index is 12.1. The number of nitrogens with one attached hydrogen (secondary N) is 1. The molecule has 28 heavy (non-hydrogen) atoms. The van der Waals surface area contributed by atoms with Crippen LogP contribution in [-0.4, -0.2) is 22.4 Å². The van der Waals surface area contributed by atoms with Crippen molar-refractivity contribution in [1.82, 2.24) is 4.98 Å². The third-order valence-corrected chi connectivity index (χ3v) is 6.52. The number of amides is 1. The molecule has 0 aliphatic heterocycles. The number of nitro groups is 1. The molecular formula is C15H6Cl5N3O4S. The molecule has 0 aliphatic rings. The molecular weight excluding hydrogens is 496 g/mol. The highest BCUT2D eigenvalue weighted by Gasteiger charge is 2.21. The molecule has 0 saturated heterocycles. The molecule has 1 aromatic heterocycles. The minimum Gasteiger partial charge on any atom is -0.481 e. The van der Waals surface area contributed by atoms with Crippen molar-refractivity contribution >= 4 is 96.3 Å². The van der Waals surface area contributed by atoms with E-state index in [4.69, 9.17) is 62.7 Å². The minimum atomic E-state index is -0.567.